The Morgan fingerprint density at radius 2 is 1.95 bits per heavy atom. The second kappa shape index (κ2) is 7.21. The summed E-state index contributed by atoms with van der Waals surface area (Å²) < 4.78 is 5.92. The zero-order valence-corrected chi connectivity index (χ0v) is 13.8. The molecule has 20 heavy (non-hydrogen) atoms. The third-order valence-corrected chi connectivity index (χ3v) is 4.42. The Bertz CT molecular complexity index is 290. The summed E-state index contributed by atoms with van der Waals surface area (Å²) in [5.74, 6) is 0.806. The molecule has 4 heteroatoms. The molecule has 2 rings (SSSR count). The number of nitrogens with one attached hydrogen (secondary N) is 1. The monoisotopic (exact) mass is 283 g/mol. The normalized spacial score (nSPS) is 30.0. The molecule has 2 unspecified atom stereocenters. The van der Waals surface area contributed by atoms with Gasteiger partial charge < -0.3 is 15.0 Å². The van der Waals surface area contributed by atoms with E-state index in [2.05, 4.69) is 42.8 Å². The summed E-state index contributed by atoms with van der Waals surface area (Å²) in [6.07, 6.45) is 1.74. The van der Waals surface area contributed by atoms with Gasteiger partial charge >= 0.3 is 0 Å². The number of hydrogen-bond donors (Lipinski definition) is 1. The predicted molar refractivity (Wildman–Crippen MR) is 84.2 cm³/mol. The van der Waals surface area contributed by atoms with Gasteiger partial charge in [-0.1, -0.05) is 6.92 Å². The summed E-state index contributed by atoms with van der Waals surface area (Å²) in [5, 5.41) is 3.64. The average molecular weight is 283 g/mol. The van der Waals surface area contributed by atoms with Crippen LogP contribution in [0.3, 0.4) is 0 Å². The molecular weight excluding hydrogens is 250 g/mol. The van der Waals surface area contributed by atoms with E-state index in [1.54, 1.807) is 0 Å². The molecule has 0 bridgehead atoms. The Balaban J connectivity index is 1.68. The van der Waals surface area contributed by atoms with Gasteiger partial charge in [0.1, 0.15) is 0 Å². The van der Waals surface area contributed by atoms with E-state index in [4.69, 9.17) is 4.74 Å². The highest BCUT2D eigenvalue weighted by atomic mass is 16.5. The second-order valence-electron chi connectivity index (χ2n) is 7.43. The summed E-state index contributed by atoms with van der Waals surface area (Å²) in [6, 6.07) is 0. The molecule has 0 spiro atoms. The van der Waals surface area contributed by atoms with Crippen molar-refractivity contribution in [2.75, 3.05) is 52.4 Å². The molecule has 118 valence electrons. The molecular formula is C16H33N3O. The van der Waals surface area contributed by atoms with Gasteiger partial charge in [-0.3, -0.25) is 4.90 Å². The van der Waals surface area contributed by atoms with Gasteiger partial charge in [0, 0.05) is 31.7 Å². The second-order valence-corrected chi connectivity index (χ2v) is 7.43. The van der Waals surface area contributed by atoms with E-state index >= 15 is 0 Å². The molecule has 2 aliphatic rings. The first-order valence-electron chi connectivity index (χ1n) is 8.27. The van der Waals surface area contributed by atoms with Crippen LogP contribution in [0.1, 0.15) is 34.1 Å². The SMILES string of the molecule is CCN1CCOC(CN2CCC(CNC(C)(C)C)C2)C1. The third kappa shape index (κ3) is 5.32. The smallest absolute Gasteiger partial charge is 0.0829 e. The number of likely N-dealkylation sites (tertiary alicyclic amines) is 1. The maximum Gasteiger partial charge on any atom is 0.0829 e. The van der Waals surface area contributed by atoms with Crippen LogP contribution in [-0.2, 0) is 4.74 Å². The van der Waals surface area contributed by atoms with Gasteiger partial charge in [-0.2, -0.15) is 0 Å². The number of nitrogens with zero attached hydrogens (tertiary/aromatic N) is 2. The fraction of sp³-hybridized carbons (Fsp3) is 1.00. The Kier molecular flexibility index (Phi) is 5.84. The quantitative estimate of drug-likeness (QED) is 0.826. The van der Waals surface area contributed by atoms with Crippen LogP contribution in [0, 0.1) is 5.92 Å². The highest BCUT2D eigenvalue weighted by molar-refractivity contribution is 4.83. The highest BCUT2D eigenvalue weighted by Gasteiger charge is 2.27. The summed E-state index contributed by atoms with van der Waals surface area (Å²) in [5.41, 5.74) is 0.238. The Hall–Kier alpha value is -0.160. The van der Waals surface area contributed by atoms with Crippen molar-refractivity contribution in [1.29, 1.82) is 0 Å². The number of morpholine rings is 1. The zero-order valence-electron chi connectivity index (χ0n) is 13.8. The molecule has 0 radical (unpaired) electrons. The zero-order chi connectivity index (χ0) is 14.6. The maximum absolute atomic E-state index is 5.92. The van der Waals surface area contributed by atoms with Crippen LogP contribution in [0.5, 0.6) is 0 Å². The minimum absolute atomic E-state index is 0.238. The van der Waals surface area contributed by atoms with Gasteiger partial charge in [0.25, 0.3) is 0 Å². The number of hydrogen-bond acceptors (Lipinski definition) is 4. The van der Waals surface area contributed by atoms with Crippen molar-refractivity contribution in [3.63, 3.8) is 0 Å². The molecule has 2 atom stereocenters. The molecule has 1 N–H and O–H groups in total. The maximum atomic E-state index is 5.92. The van der Waals surface area contributed by atoms with Crippen molar-refractivity contribution in [3.8, 4) is 0 Å². The van der Waals surface area contributed by atoms with E-state index < -0.39 is 0 Å². The van der Waals surface area contributed by atoms with Gasteiger partial charge in [-0.15, -0.1) is 0 Å². The van der Waals surface area contributed by atoms with Gasteiger partial charge in [0.15, 0.2) is 0 Å². The molecule has 0 amide bonds. The minimum atomic E-state index is 0.238. The molecule has 2 saturated heterocycles. The highest BCUT2D eigenvalue weighted by Crippen LogP contribution is 2.18. The lowest BCUT2D eigenvalue weighted by atomic mass is 10.1. The van der Waals surface area contributed by atoms with Crippen LogP contribution in [-0.4, -0.2) is 73.9 Å². The van der Waals surface area contributed by atoms with Crippen molar-refractivity contribution >= 4 is 0 Å². The van der Waals surface area contributed by atoms with Crippen LogP contribution in [0.4, 0.5) is 0 Å². The number of ether oxygens (including phenoxy) is 1. The summed E-state index contributed by atoms with van der Waals surface area (Å²) >= 11 is 0. The van der Waals surface area contributed by atoms with Crippen LogP contribution in [0.25, 0.3) is 0 Å². The average Bonchev–Trinajstić information content (AvgIpc) is 2.83. The van der Waals surface area contributed by atoms with Crippen molar-refractivity contribution in [1.82, 2.24) is 15.1 Å². The molecule has 4 nitrogen and oxygen atoms in total. The standard InChI is InChI=1S/C16H33N3O/c1-5-18-8-9-20-15(12-18)13-19-7-6-14(11-19)10-17-16(2,3)4/h14-15,17H,5-13H2,1-4H3. The number of rotatable bonds is 5. The first kappa shape index (κ1) is 16.2. The molecule has 2 heterocycles. The number of likely N-dealkylation sites (N-methyl/N-ethyl adjacent to an activating group) is 1. The Morgan fingerprint density at radius 3 is 2.65 bits per heavy atom. The largest absolute Gasteiger partial charge is 0.374 e. The molecule has 0 aromatic heterocycles. The van der Waals surface area contributed by atoms with E-state index in [0.29, 0.717) is 6.10 Å². The molecule has 0 aliphatic carbocycles. The molecule has 2 aliphatic heterocycles. The van der Waals surface area contributed by atoms with Gasteiger partial charge in [0.2, 0.25) is 0 Å². The van der Waals surface area contributed by atoms with Crippen molar-refractivity contribution in [2.45, 2.75) is 45.8 Å². The molecule has 0 aromatic rings. The Morgan fingerprint density at radius 1 is 1.15 bits per heavy atom. The van der Waals surface area contributed by atoms with Crippen molar-refractivity contribution in [2.24, 2.45) is 5.92 Å². The van der Waals surface area contributed by atoms with E-state index in [1.165, 1.54) is 19.5 Å². The van der Waals surface area contributed by atoms with Gasteiger partial charge in [-0.05, 0) is 52.7 Å². The predicted octanol–water partition coefficient (Wildman–Crippen LogP) is 1.42. The van der Waals surface area contributed by atoms with Gasteiger partial charge in [0.05, 0.1) is 12.7 Å². The van der Waals surface area contributed by atoms with Crippen LogP contribution in [0.2, 0.25) is 0 Å². The van der Waals surface area contributed by atoms with Crippen LogP contribution >= 0.6 is 0 Å². The Labute approximate surface area is 124 Å². The fourth-order valence-corrected chi connectivity index (χ4v) is 3.16. The summed E-state index contributed by atoms with van der Waals surface area (Å²) in [4.78, 5) is 5.10. The summed E-state index contributed by atoms with van der Waals surface area (Å²) in [7, 11) is 0. The topological polar surface area (TPSA) is 27.7 Å². The molecule has 2 fully saturated rings. The first-order valence-corrected chi connectivity index (χ1v) is 8.27. The van der Waals surface area contributed by atoms with Crippen molar-refractivity contribution in [3.05, 3.63) is 0 Å². The van der Waals surface area contributed by atoms with E-state index in [1.807, 2.05) is 0 Å². The lowest BCUT2D eigenvalue weighted by Gasteiger charge is -2.34. The molecule has 0 aromatic carbocycles. The van der Waals surface area contributed by atoms with Gasteiger partial charge in [-0.25, -0.2) is 0 Å². The fourth-order valence-electron chi connectivity index (χ4n) is 3.16. The minimum Gasteiger partial charge on any atom is -0.374 e. The van der Waals surface area contributed by atoms with E-state index in [-0.39, 0.29) is 5.54 Å². The van der Waals surface area contributed by atoms with E-state index in [9.17, 15) is 0 Å². The first-order chi connectivity index (χ1) is 9.46. The lowest BCUT2D eigenvalue weighted by Crippen LogP contribution is -2.47. The molecule has 0 saturated carbocycles. The lowest BCUT2D eigenvalue weighted by molar-refractivity contribution is -0.0395. The van der Waals surface area contributed by atoms with Crippen LogP contribution in [0.15, 0.2) is 0 Å². The van der Waals surface area contributed by atoms with Crippen LogP contribution < -0.4 is 5.32 Å². The van der Waals surface area contributed by atoms with Crippen molar-refractivity contribution < 1.29 is 4.74 Å². The van der Waals surface area contributed by atoms with E-state index in [0.717, 1.165) is 45.2 Å². The summed E-state index contributed by atoms with van der Waals surface area (Å²) in [6.45, 7) is 18.0. The third-order valence-electron chi connectivity index (χ3n) is 4.42.